The van der Waals surface area contributed by atoms with Crippen molar-refractivity contribution in [2.24, 2.45) is 0 Å². The normalized spacial score (nSPS) is 14.9. The van der Waals surface area contributed by atoms with Crippen molar-refractivity contribution in [1.29, 1.82) is 0 Å². The largest absolute Gasteiger partial charge is 0.497 e. The Balaban J connectivity index is 1.78. The van der Waals surface area contributed by atoms with Gasteiger partial charge in [-0.3, -0.25) is 9.59 Å². The van der Waals surface area contributed by atoms with E-state index in [2.05, 4.69) is 0 Å². The molecule has 0 spiro atoms. The first-order valence-electron chi connectivity index (χ1n) is 9.45. The van der Waals surface area contributed by atoms with Crippen LogP contribution in [0.5, 0.6) is 11.5 Å². The zero-order valence-electron chi connectivity index (χ0n) is 17.2. The van der Waals surface area contributed by atoms with Gasteiger partial charge in [0.1, 0.15) is 11.5 Å². The molecule has 0 saturated carbocycles. The van der Waals surface area contributed by atoms with Crippen LogP contribution < -0.4 is 9.47 Å². The smallest absolute Gasteiger partial charge is 0.225 e. The third-order valence-corrected chi connectivity index (χ3v) is 5.16. The number of methoxy groups -OCH3 is 2. The van der Waals surface area contributed by atoms with Crippen molar-refractivity contribution in [1.82, 2.24) is 9.80 Å². The SMILES string of the molecule is COc1ccc(CN(C)C(=O)CC2c3ccccc3C=CN2C(C)=O)c(OC)c1. The molecule has 0 radical (unpaired) electrons. The van der Waals surface area contributed by atoms with Gasteiger partial charge in [0.2, 0.25) is 11.8 Å². The molecule has 1 atom stereocenters. The molecule has 0 N–H and O–H groups in total. The Morgan fingerprint density at radius 1 is 1.10 bits per heavy atom. The minimum Gasteiger partial charge on any atom is -0.497 e. The minimum absolute atomic E-state index is 0.0516. The summed E-state index contributed by atoms with van der Waals surface area (Å²) in [5.74, 6) is 1.22. The maximum atomic E-state index is 13.0. The standard InChI is InChI=1S/C23H26N2O4/c1-16(26)25-12-11-17-7-5-6-8-20(17)21(25)14-23(27)24(2)15-18-9-10-19(28-3)13-22(18)29-4/h5-13,21H,14-15H2,1-4H3. The van der Waals surface area contributed by atoms with Gasteiger partial charge in [-0.1, -0.05) is 24.3 Å². The highest BCUT2D eigenvalue weighted by Gasteiger charge is 2.29. The maximum absolute atomic E-state index is 13.0. The van der Waals surface area contributed by atoms with Crippen molar-refractivity contribution in [3.8, 4) is 11.5 Å². The summed E-state index contributed by atoms with van der Waals surface area (Å²) >= 11 is 0. The van der Waals surface area contributed by atoms with Crippen LogP contribution in [-0.4, -0.2) is 42.9 Å². The molecule has 1 unspecified atom stereocenters. The monoisotopic (exact) mass is 394 g/mol. The second kappa shape index (κ2) is 8.82. The van der Waals surface area contributed by atoms with Crippen molar-refractivity contribution in [2.75, 3.05) is 21.3 Å². The Morgan fingerprint density at radius 3 is 2.55 bits per heavy atom. The summed E-state index contributed by atoms with van der Waals surface area (Å²) in [5.41, 5.74) is 2.90. The Hall–Kier alpha value is -3.28. The maximum Gasteiger partial charge on any atom is 0.225 e. The highest BCUT2D eigenvalue weighted by Crippen LogP contribution is 2.33. The molecule has 0 saturated heterocycles. The summed E-state index contributed by atoms with van der Waals surface area (Å²) in [5, 5.41) is 0. The number of carbonyl (C=O) groups excluding carboxylic acids is 2. The van der Waals surface area contributed by atoms with Gasteiger partial charge in [0, 0.05) is 38.3 Å². The highest BCUT2D eigenvalue weighted by molar-refractivity contribution is 5.81. The Kier molecular flexibility index (Phi) is 6.22. The molecule has 1 aliphatic heterocycles. The fourth-order valence-corrected chi connectivity index (χ4v) is 3.56. The van der Waals surface area contributed by atoms with Crippen LogP contribution in [0.15, 0.2) is 48.7 Å². The first-order valence-corrected chi connectivity index (χ1v) is 9.45. The van der Waals surface area contributed by atoms with Gasteiger partial charge in [-0.2, -0.15) is 0 Å². The number of rotatable bonds is 6. The number of fused-ring (bicyclic) bond motifs is 1. The van der Waals surface area contributed by atoms with Crippen LogP contribution >= 0.6 is 0 Å². The molecular formula is C23H26N2O4. The molecule has 2 aromatic carbocycles. The molecule has 0 aliphatic carbocycles. The Morgan fingerprint density at radius 2 is 1.86 bits per heavy atom. The molecule has 2 amide bonds. The van der Waals surface area contributed by atoms with Crippen molar-refractivity contribution in [3.05, 3.63) is 65.4 Å². The van der Waals surface area contributed by atoms with Gasteiger partial charge in [0.05, 0.1) is 26.7 Å². The fourth-order valence-electron chi connectivity index (χ4n) is 3.56. The first-order chi connectivity index (χ1) is 13.9. The topological polar surface area (TPSA) is 59.1 Å². The summed E-state index contributed by atoms with van der Waals surface area (Å²) in [6.07, 6.45) is 3.87. The van der Waals surface area contributed by atoms with Gasteiger partial charge < -0.3 is 19.3 Å². The Labute approximate surface area is 171 Å². The molecule has 29 heavy (non-hydrogen) atoms. The number of amides is 2. The molecule has 6 heteroatoms. The van der Waals surface area contributed by atoms with E-state index >= 15 is 0 Å². The van der Waals surface area contributed by atoms with Crippen molar-refractivity contribution in [2.45, 2.75) is 25.9 Å². The molecule has 0 fully saturated rings. The number of ether oxygens (including phenoxy) is 2. The van der Waals surface area contributed by atoms with Gasteiger partial charge >= 0.3 is 0 Å². The molecule has 3 rings (SSSR count). The van der Waals surface area contributed by atoms with E-state index in [1.807, 2.05) is 42.5 Å². The van der Waals surface area contributed by atoms with Crippen LogP contribution in [0.1, 0.15) is 36.1 Å². The quantitative estimate of drug-likeness (QED) is 0.751. The summed E-state index contributed by atoms with van der Waals surface area (Å²) in [6.45, 7) is 1.91. The number of hydrogen-bond donors (Lipinski definition) is 0. The third kappa shape index (κ3) is 4.42. The van der Waals surface area contributed by atoms with E-state index in [4.69, 9.17) is 9.47 Å². The van der Waals surface area contributed by atoms with Gasteiger partial charge in [-0.25, -0.2) is 0 Å². The predicted molar refractivity (Wildman–Crippen MR) is 111 cm³/mol. The second-order valence-corrected chi connectivity index (χ2v) is 7.02. The molecule has 2 aromatic rings. The van der Waals surface area contributed by atoms with Crippen LogP contribution in [0.2, 0.25) is 0 Å². The molecule has 0 aromatic heterocycles. The Bertz CT molecular complexity index is 938. The van der Waals surface area contributed by atoms with E-state index in [0.29, 0.717) is 18.0 Å². The van der Waals surface area contributed by atoms with Crippen molar-refractivity contribution < 1.29 is 19.1 Å². The molecule has 1 heterocycles. The molecular weight excluding hydrogens is 368 g/mol. The molecule has 6 nitrogen and oxygen atoms in total. The zero-order valence-corrected chi connectivity index (χ0v) is 17.2. The lowest BCUT2D eigenvalue weighted by atomic mass is 9.93. The first kappa shape index (κ1) is 20.5. The number of hydrogen-bond acceptors (Lipinski definition) is 4. The van der Waals surface area contributed by atoms with Crippen LogP contribution in [-0.2, 0) is 16.1 Å². The molecule has 1 aliphatic rings. The number of carbonyl (C=O) groups is 2. The van der Waals surface area contributed by atoms with Crippen molar-refractivity contribution >= 4 is 17.9 Å². The highest BCUT2D eigenvalue weighted by atomic mass is 16.5. The summed E-state index contributed by atoms with van der Waals surface area (Å²) < 4.78 is 10.7. The van der Waals surface area contributed by atoms with Crippen molar-refractivity contribution in [3.63, 3.8) is 0 Å². The van der Waals surface area contributed by atoms with Crippen LogP contribution in [0, 0.1) is 0 Å². The lowest BCUT2D eigenvalue weighted by Gasteiger charge is -2.33. The van der Waals surface area contributed by atoms with E-state index in [9.17, 15) is 9.59 Å². The van der Waals surface area contributed by atoms with E-state index in [-0.39, 0.29) is 24.3 Å². The van der Waals surface area contributed by atoms with Gasteiger partial charge in [-0.15, -0.1) is 0 Å². The summed E-state index contributed by atoms with van der Waals surface area (Å²) in [6, 6.07) is 13.1. The zero-order chi connectivity index (χ0) is 21.0. The fraction of sp³-hybridized carbons (Fsp3) is 0.304. The average molecular weight is 394 g/mol. The molecule has 0 bridgehead atoms. The lowest BCUT2D eigenvalue weighted by molar-refractivity contribution is -0.134. The predicted octanol–water partition coefficient (Wildman–Crippen LogP) is 3.63. The van der Waals surface area contributed by atoms with Crippen LogP contribution in [0.25, 0.3) is 6.08 Å². The van der Waals surface area contributed by atoms with Gasteiger partial charge in [-0.05, 0) is 29.3 Å². The van der Waals surface area contributed by atoms with E-state index in [1.54, 1.807) is 43.3 Å². The third-order valence-electron chi connectivity index (χ3n) is 5.16. The summed E-state index contributed by atoms with van der Waals surface area (Å²) in [4.78, 5) is 28.4. The van der Waals surface area contributed by atoms with E-state index < -0.39 is 0 Å². The van der Waals surface area contributed by atoms with Gasteiger partial charge in [0.25, 0.3) is 0 Å². The second-order valence-electron chi connectivity index (χ2n) is 7.02. The lowest BCUT2D eigenvalue weighted by Crippen LogP contribution is -2.35. The average Bonchev–Trinajstić information content (AvgIpc) is 2.73. The van der Waals surface area contributed by atoms with Gasteiger partial charge in [0.15, 0.2) is 0 Å². The minimum atomic E-state index is -0.318. The summed E-state index contributed by atoms with van der Waals surface area (Å²) in [7, 11) is 4.95. The number of nitrogens with zero attached hydrogens (tertiary/aromatic N) is 2. The van der Waals surface area contributed by atoms with E-state index in [1.165, 1.54) is 6.92 Å². The number of benzene rings is 2. The molecule has 152 valence electrons. The van der Waals surface area contributed by atoms with Crippen LogP contribution in [0.3, 0.4) is 0 Å². The van der Waals surface area contributed by atoms with E-state index in [0.717, 1.165) is 16.7 Å². The van der Waals surface area contributed by atoms with Crippen LogP contribution in [0.4, 0.5) is 0 Å².